The van der Waals surface area contributed by atoms with Crippen molar-refractivity contribution in [3.63, 3.8) is 0 Å². The number of fused-ring (bicyclic) bond motifs is 1. The Morgan fingerprint density at radius 3 is 2.76 bits per heavy atom. The van der Waals surface area contributed by atoms with E-state index in [9.17, 15) is 4.79 Å². The molecule has 1 N–H and O–H groups in total. The standard InChI is InChI=1S/C15H17ClN2O3/c1-20-8-9-21-7-6-17-15(19)13-10-18-14(16)12-5-3-2-4-11(12)13/h2-5,10H,6-9H2,1H3,(H,17,19). The third-order valence-corrected chi connectivity index (χ3v) is 3.26. The van der Waals surface area contributed by atoms with E-state index in [1.165, 1.54) is 6.20 Å². The van der Waals surface area contributed by atoms with Crippen LogP contribution in [0, 0.1) is 0 Å². The van der Waals surface area contributed by atoms with Crippen LogP contribution in [0.5, 0.6) is 0 Å². The fourth-order valence-electron chi connectivity index (χ4n) is 1.92. The van der Waals surface area contributed by atoms with Crippen molar-refractivity contribution >= 4 is 28.3 Å². The van der Waals surface area contributed by atoms with E-state index in [1.807, 2.05) is 24.3 Å². The Kier molecular flexibility index (Phi) is 5.92. The van der Waals surface area contributed by atoms with Gasteiger partial charge in [0.05, 0.1) is 25.4 Å². The lowest BCUT2D eigenvalue weighted by molar-refractivity contribution is 0.0693. The number of nitrogens with one attached hydrogen (secondary N) is 1. The molecule has 0 fully saturated rings. The number of halogens is 1. The van der Waals surface area contributed by atoms with Gasteiger partial charge in [-0.25, -0.2) is 4.98 Å². The predicted molar refractivity (Wildman–Crippen MR) is 81.8 cm³/mol. The number of carbonyl (C=O) groups is 1. The van der Waals surface area contributed by atoms with Crippen LogP contribution in [0.4, 0.5) is 0 Å². The molecular formula is C15H17ClN2O3. The Labute approximate surface area is 128 Å². The smallest absolute Gasteiger partial charge is 0.253 e. The summed E-state index contributed by atoms with van der Waals surface area (Å²) in [6.45, 7) is 1.92. The summed E-state index contributed by atoms with van der Waals surface area (Å²) in [6, 6.07) is 7.42. The number of ether oxygens (including phenoxy) is 2. The zero-order valence-corrected chi connectivity index (χ0v) is 12.5. The highest BCUT2D eigenvalue weighted by Gasteiger charge is 2.12. The molecule has 1 heterocycles. The molecule has 2 aromatic rings. The number of methoxy groups -OCH3 is 1. The van der Waals surface area contributed by atoms with Crippen LogP contribution in [0.15, 0.2) is 30.5 Å². The summed E-state index contributed by atoms with van der Waals surface area (Å²) < 4.78 is 10.2. The monoisotopic (exact) mass is 308 g/mol. The van der Waals surface area contributed by atoms with Crippen LogP contribution in [-0.2, 0) is 9.47 Å². The molecule has 1 aromatic carbocycles. The van der Waals surface area contributed by atoms with Crippen LogP contribution in [0.2, 0.25) is 5.15 Å². The molecule has 2 rings (SSSR count). The van der Waals surface area contributed by atoms with Gasteiger partial charge in [-0.2, -0.15) is 0 Å². The number of carbonyl (C=O) groups excluding carboxylic acids is 1. The maximum absolute atomic E-state index is 12.2. The fraction of sp³-hybridized carbons (Fsp3) is 0.333. The molecule has 1 aromatic heterocycles. The van der Waals surface area contributed by atoms with Crippen molar-refractivity contribution < 1.29 is 14.3 Å². The van der Waals surface area contributed by atoms with E-state index in [1.54, 1.807) is 7.11 Å². The Balaban J connectivity index is 1.98. The quantitative estimate of drug-likeness (QED) is 0.630. The molecule has 6 heteroatoms. The van der Waals surface area contributed by atoms with Gasteiger partial charge in [0.1, 0.15) is 5.15 Å². The van der Waals surface area contributed by atoms with Gasteiger partial charge in [-0.3, -0.25) is 4.79 Å². The molecule has 0 atom stereocenters. The molecule has 0 unspecified atom stereocenters. The van der Waals surface area contributed by atoms with Gasteiger partial charge in [0, 0.05) is 25.2 Å². The normalized spacial score (nSPS) is 10.8. The van der Waals surface area contributed by atoms with Crippen LogP contribution < -0.4 is 5.32 Å². The summed E-state index contributed by atoms with van der Waals surface area (Å²) in [5, 5.41) is 4.75. The molecule has 0 aliphatic carbocycles. The first kappa shape index (κ1) is 15.7. The third-order valence-electron chi connectivity index (χ3n) is 2.95. The molecule has 21 heavy (non-hydrogen) atoms. The molecule has 0 aliphatic heterocycles. The Bertz CT molecular complexity index is 619. The van der Waals surface area contributed by atoms with E-state index >= 15 is 0 Å². The van der Waals surface area contributed by atoms with Crippen molar-refractivity contribution in [1.29, 1.82) is 0 Å². The Morgan fingerprint density at radius 2 is 2.00 bits per heavy atom. The summed E-state index contributed by atoms with van der Waals surface area (Å²) in [4.78, 5) is 16.2. The molecular weight excluding hydrogens is 292 g/mol. The Hall–Kier alpha value is -1.69. The second-order valence-electron chi connectivity index (χ2n) is 4.37. The molecule has 112 valence electrons. The van der Waals surface area contributed by atoms with Crippen molar-refractivity contribution in [2.24, 2.45) is 0 Å². The highest BCUT2D eigenvalue weighted by molar-refractivity contribution is 6.34. The van der Waals surface area contributed by atoms with Crippen LogP contribution in [0.25, 0.3) is 10.8 Å². The summed E-state index contributed by atoms with van der Waals surface area (Å²) >= 11 is 6.03. The molecule has 0 radical (unpaired) electrons. The molecule has 0 bridgehead atoms. The van der Waals surface area contributed by atoms with Gasteiger partial charge in [0.2, 0.25) is 0 Å². The summed E-state index contributed by atoms with van der Waals surface area (Å²) in [5.41, 5.74) is 0.506. The van der Waals surface area contributed by atoms with Gasteiger partial charge in [-0.15, -0.1) is 0 Å². The van der Waals surface area contributed by atoms with Crippen LogP contribution in [0.3, 0.4) is 0 Å². The first-order chi connectivity index (χ1) is 10.2. The van der Waals surface area contributed by atoms with Crippen molar-refractivity contribution in [2.75, 3.05) is 33.5 Å². The molecule has 5 nitrogen and oxygen atoms in total. The fourth-order valence-corrected chi connectivity index (χ4v) is 2.13. The van der Waals surface area contributed by atoms with Crippen LogP contribution >= 0.6 is 11.6 Å². The third kappa shape index (κ3) is 4.14. The molecule has 0 aliphatic rings. The molecule has 0 spiro atoms. The van der Waals surface area contributed by atoms with Gasteiger partial charge >= 0.3 is 0 Å². The van der Waals surface area contributed by atoms with Crippen molar-refractivity contribution in [2.45, 2.75) is 0 Å². The number of aromatic nitrogens is 1. The van der Waals surface area contributed by atoms with Gasteiger partial charge in [-0.05, 0) is 5.39 Å². The van der Waals surface area contributed by atoms with E-state index in [-0.39, 0.29) is 5.91 Å². The lowest BCUT2D eigenvalue weighted by atomic mass is 10.1. The van der Waals surface area contributed by atoms with Crippen molar-refractivity contribution in [3.05, 3.63) is 41.2 Å². The highest BCUT2D eigenvalue weighted by Crippen LogP contribution is 2.23. The molecule has 0 saturated heterocycles. The van der Waals surface area contributed by atoms with E-state index in [2.05, 4.69) is 10.3 Å². The van der Waals surface area contributed by atoms with Crippen LogP contribution in [-0.4, -0.2) is 44.4 Å². The first-order valence-corrected chi connectivity index (χ1v) is 7.00. The van der Waals surface area contributed by atoms with Gasteiger partial charge in [0.25, 0.3) is 5.91 Å². The number of benzene rings is 1. The van der Waals surface area contributed by atoms with E-state index in [0.29, 0.717) is 37.1 Å². The average Bonchev–Trinajstić information content (AvgIpc) is 2.51. The topological polar surface area (TPSA) is 60.5 Å². The molecule has 1 amide bonds. The minimum Gasteiger partial charge on any atom is -0.382 e. The lowest BCUT2D eigenvalue weighted by Crippen LogP contribution is -2.28. The average molecular weight is 309 g/mol. The number of pyridine rings is 1. The first-order valence-electron chi connectivity index (χ1n) is 6.62. The number of hydrogen-bond donors (Lipinski definition) is 1. The largest absolute Gasteiger partial charge is 0.382 e. The molecule has 0 saturated carbocycles. The summed E-state index contributed by atoms with van der Waals surface area (Å²) in [6.07, 6.45) is 1.49. The maximum atomic E-state index is 12.2. The predicted octanol–water partition coefficient (Wildman–Crippen LogP) is 2.28. The van der Waals surface area contributed by atoms with Crippen LogP contribution in [0.1, 0.15) is 10.4 Å². The summed E-state index contributed by atoms with van der Waals surface area (Å²) in [7, 11) is 1.61. The number of nitrogens with zero attached hydrogens (tertiary/aromatic N) is 1. The Morgan fingerprint density at radius 1 is 1.24 bits per heavy atom. The van der Waals surface area contributed by atoms with E-state index < -0.39 is 0 Å². The second-order valence-corrected chi connectivity index (χ2v) is 4.73. The highest BCUT2D eigenvalue weighted by atomic mass is 35.5. The number of hydrogen-bond acceptors (Lipinski definition) is 4. The van der Waals surface area contributed by atoms with E-state index in [4.69, 9.17) is 21.1 Å². The number of rotatable bonds is 7. The van der Waals surface area contributed by atoms with Gasteiger partial charge in [0.15, 0.2) is 0 Å². The SMILES string of the molecule is COCCOCCNC(=O)c1cnc(Cl)c2ccccc12. The minimum absolute atomic E-state index is 0.189. The summed E-state index contributed by atoms with van der Waals surface area (Å²) in [5.74, 6) is -0.189. The van der Waals surface area contributed by atoms with Crippen molar-refractivity contribution in [3.8, 4) is 0 Å². The minimum atomic E-state index is -0.189. The second kappa shape index (κ2) is 7.93. The van der Waals surface area contributed by atoms with Gasteiger partial charge < -0.3 is 14.8 Å². The zero-order valence-electron chi connectivity index (χ0n) is 11.8. The zero-order chi connectivity index (χ0) is 15.1. The van der Waals surface area contributed by atoms with E-state index in [0.717, 1.165) is 10.8 Å². The number of amides is 1. The van der Waals surface area contributed by atoms with Crippen molar-refractivity contribution in [1.82, 2.24) is 10.3 Å². The maximum Gasteiger partial charge on any atom is 0.253 e. The van der Waals surface area contributed by atoms with Gasteiger partial charge in [-0.1, -0.05) is 35.9 Å². The lowest BCUT2D eigenvalue weighted by Gasteiger charge is -2.09.